The van der Waals surface area contributed by atoms with Crippen LogP contribution in [-0.4, -0.2) is 25.0 Å². The summed E-state index contributed by atoms with van der Waals surface area (Å²) >= 11 is 6.01. The second kappa shape index (κ2) is 5.78. The van der Waals surface area contributed by atoms with Crippen LogP contribution in [0.2, 0.25) is 5.15 Å². The zero-order valence-electron chi connectivity index (χ0n) is 11.6. The molecule has 0 radical (unpaired) electrons. The van der Waals surface area contributed by atoms with Gasteiger partial charge >= 0.3 is 0 Å². The molecule has 1 unspecified atom stereocenters. The third-order valence-electron chi connectivity index (χ3n) is 3.10. The molecule has 2 aromatic heterocycles. The summed E-state index contributed by atoms with van der Waals surface area (Å²) in [5, 5.41) is 0.00687. The molecule has 118 valence electrons. The van der Waals surface area contributed by atoms with Gasteiger partial charge in [-0.25, -0.2) is 18.7 Å². The number of hydrogen-bond acceptors (Lipinski definition) is 4. The maximum absolute atomic E-state index is 14.1. The van der Waals surface area contributed by atoms with Gasteiger partial charge in [-0.15, -0.1) is 0 Å². The molecular weight excluding hydrogens is 348 g/mol. The lowest BCUT2D eigenvalue weighted by molar-refractivity contribution is 0.568. The smallest absolute Gasteiger partial charge is 0.256 e. The van der Waals surface area contributed by atoms with Crippen LogP contribution in [-0.2, 0) is 10.8 Å². The zero-order valence-corrected chi connectivity index (χ0v) is 13.2. The summed E-state index contributed by atoms with van der Waals surface area (Å²) in [6.45, 7) is 0. The Hall–Kier alpha value is -2.19. The number of para-hydroxylation sites is 1. The number of aromatic nitrogens is 3. The maximum Gasteiger partial charge on any atom is 0.256 e. The number of pyridine rings is 1. The fourth-order valence-electron chi connectivity index (χ4n) is 2.11. The number of fused-ring (bicyclic) bond motifs is 1. The minimum Gasteiger partial charge on any atom is -0.269 e. The van der Waals surface area contributed by atoms with E-state index in [0.29, 0.717) is 0 Å². The molecule has 0 amide bonds. The van der Waals surface area contributed by atoms with Crippen molar-refractivity contribution >= 4 is 33.4 Å². The summed E-state index contributed by atoms with van der Waals surface area (Å²) in [7, 11) is -1.59. The molecule has 0 aliphatic heterocycles. The van der Waals surface area contributed by atoms with E-state index in [4.69, 9.17) is 11.6 Å². The highest BCUT2D eigenvalue weighted by Crippen LogP contribution is 2.24. The van der Waals surface area contributed by atoms with Gasteiger partial charge in [0.25, 0.3) is 5.56 Å². The van der Waals surface area contributed by atoms with Crippen molar-refractivity contribution in [2.45, 2.75) is 5.16 Å². The summed E-state index contributed by atoms with van der Waals surface area (Å²) < 4.78 is 40.5. The van der Waals surface area contributed by atoms with Gasteiger partial charge in [-0.05, 0) is 18.2 Å². The SMILES string of the molecule is CS(=O)c1nc(Cl)c2ccc(=O)n(-c3c(F)cccc3F)c2n1. The van der Waals surface area contributed by atoms with E-state index in [9.17, 15) is 17.8 Å². The Morgan fingerprint density at radius 2 is 1.78 bits per heavy atom. The van der Waals surface area contributed by atoms with E-state index < -0.39 is 33.7 Å². The van der Waals surface area contributed by atoms with Crippen LogP contribution < -0.4 is 5.56 Å². The van der Waals surface area contributed by atoms with E-state index >= 15 is 0 Å². The van der Waals surface area contributed by atoms with E-state index in [1.165, 1.54) is 18.4 Å². The standard InChI is InChI=1S/C14H8ClF2N3O2S/c1-23(22)14-18-12(15)7-5-6-10(21)20(13(7)19-14)11-8(16)3-2-4-9(11)17/h2-6H,1H3. The molecule has 0 fully saturated rings. The molecule has 23 heavy (non-hydrogen) atoms. The summed E-state index contributed by atoms with van der Waals surface area (Å²) in [4.78, 5) is 20.0. The highest BCUT2D eigenvalue weighted by Gasteiger charge is 2.18. The number of hydrogen-bond donors (Lipinski definition) is 0. The second-order valence-corrected chi connectivity index (χ2v) is 6.20. The molecular formula is C14H8ClF2N3O2S. The van der Waals surface area contributed by atoms with Crippen LogP contribution in [0.25, 0.3) is 16.7 Å². The van der Waals surface area contributed by atoms with E-state index in [0.717, 1.165) is 22.8 Å². The van der Waals surface area contributed by atoms with Crippen molar-refractivity contribution in [1.29, 1.82) is 0 Å². The van der Waals surface area contributed by atoms with Gasteiger partial charge in [0.15, 0.2) is 5.65 Å². The van der Waals surface area contributed by atoms with Crippen LogP contribution in [0.4, 0.5) is 8.78 Å². The molecule has 1 aromatic carbocycles. The molecule has 0 aliphatic rings. The molecule has 1 atom stereocenters. The van der Waals surface area contributed by atoms with Crippen LogP contribution in [0.1, 0.15) is 0 Å². The lowest BCUT2D eigenvalue weighted by atomic mass is 10.2. The first-order valence-electron chi connectivity index (χ1n) is 6.27. The molecule has 2 heterocycles. The van der Waals surface area contributed by atoms with Gasteiger partial charge in [-0.1, -0.05) is 17.7 Å². The van der Waals surface area contributed by atoms with Gasteiger partial charge in [0.2, 0.25) is 5.16 Å². The topological polar surface area (TPSA) is 64.8 Å². The zero-order chi connectivity index (χ0) is 16.7. The monoisotopic (exact) mass is 355 g/mol. The Labute approximate surface area is 136 Å². The molecule has 0 saturated heterocycles. The van der Waals surface area contributed by atoms with Crippen molar-refractivity contribution < 1.29 is 13.0 Å². The van der Waals surface area contributed by atoms with E-state index in [2.05, 4.69) is 9.97 Å². The lowest BCUT2D eigenvalue weighted by Crippen LogP contribution is -2.21. The predicted molar refractivity (Wildman–Crippen MR) is 82.4 cm³/mol. The Bertz CT molecular complexity index is 1000. The molecule has 0 aliphatic carbocycles. The van der Waals surface area contributed by atoms with E-state index in [-0.39, 0.29) is 21.3 Å². The number of benzene rings is 1. The van der Waals surface area contributed by atoms with Crippen LogP contribution >= 0.6 is 11.6 Å². The molecule has 5 nitrogen and oxygen atoms in total. The number of rotatable bonds is 2. The van der Waals surface area contributed by atoms with Crippen molar-refractivity contribution in [2.24, 2.45) is 0 Å². The van der Waals surface area contributed by atoms with Gasteiger partial charge in [-0.2, -0.15) is 0 Å². The van der Waals surface area contributed by atoms with Gasteiger partial charge in [0.1, 0.15) is 22.5 Å². The molecule has 3 aromatic rings. The number of halogens is 3. The fraction of sp³-hybridized carbons (Fsp3) is 0.0714. The van der Waals surface area contributed by atoms with Crippen molar-refractivity contribution in [2.75, 3.05) is 6.26 Å². The van der Waals surface area contributed by atoms with Gasteiger partial charge in [0.05, 0.1) is 16.2 Å². The first-order chi connectivity index (χ1) is 10.9. The van der Waals surface area contributed by atoms with Crippen molar-refractivity contribution in [1.82, 2.24) is 14.5 Å². The largest absolute Gasteiger partial charge is 0.269 e. The first kappa shape index (κ1) is 15.7. The average molecular weight is 356 g/mol. The average Bonchev–Trinajstić information content (AvgIpc) is 2.48. The van der Waals surface area contributed by atoms with E-state index in [1.54, 1.807) is 0 Å². The highest BCUT2D eigenvalue weighted by molar-refractivity contribution is 7.84. The predicted octanol–water partition coefficient (Wildman–Crippen LogP) is 2.45. The third kappa shape index (κ3) is 2.64. The minimum atomic E-state index is -1.59. The van der Waals surface area contributed by atoms with Crippen molar-refractivity contribution in [3.63, 3.8) is 0 Å². The minimum absolute atomic E-state index is 0.0642. The first-order valence-corrected chi connectivity index (χ1v) is 8.21. The molecule has 9 heteroatoms. The number of nitrogens with zero attached hydrogens (tertiary/aromatic N) is 3. The Morgan fingerprint density at radius 1 is 1.13 bits per heavy atom. The van der Waals surface area contributed by atoms with Gasteiger partial charge in [0, 0.05) is 12.3 Å². The summed E-state index contributed by atoms with van der Waals surface area (Å²) in [6, 6.07) is 5.67. The Morgan fingerprint density at radius 3 is 2.39 bits per heavy atom. The molecule has 0 bridgehead atoms. The van der Waals surface area contributed by atoms with Crippen LogP contribution in [0.3, 0.4) is 0 Å². The van der Waals surface area contributed by atoms with Gasteiger partial charge in [-0.3, -0.25) is 13.6 Å². The molecule has 0 saturated carbocycles. The lowest BCUT2D eigenvalue weighted by Gasteiger charge is -2.12. The molecule has 0 spiro atoms. The van der Waals surface area contributed by atoms with Crippen molar-refractivity contribution in [3.8, 4) is 5.69 Å². The van der Waals surface area contributed by atoms with Gasteiger partial charge < -0.3 is 0 Å². The fourth-order valence-corrected chi connectivity index (χ4v) is 2.82. The summed E-state index contributed by atoms with van der Waals surface area (Å²) in [5.41, 5.74) is -1.40. The molecule has 0 N–H and O–H groups in total. The summed E-state index contributed by atoms with van der Waals surface area (Å²) in [6.07, 6.45) is 1.33. The highest BCUT2D eigenvalue weighted by atomic mass is 35.5. The van der Waals surface area contributed by atoms with Crippen LogP contribution in [0.5, 0.6) is 0 Å². The van der Waals surface area contributed by atoms with Crippen molar-refractivity contribution in [3.05, 3.63) is 57.5 Å². The summed E-state index contributed by atoms with van der Waals surface area (Å²) in [5.74, 6) is -1.87. The molecule has 3 rings (SSSR count). The third-order valence-corrected chi connectivity index (χ3v) is 4.09. The Balaban J connectivity index is 2.52. The van der Waals surface area contributed by atoms with Crippen LogP contribution in [0.15, 0.2) is 40.3 Å². The van der Waals surface area contributed by atoms with E-state index in [1.807, 2.05) is 0 Å². The quantitative estimate of drug-likeness (QED) is 0.523. The van der Waals surface area contributed by atoms with Crippen LogP contribution in [0, 0.1) is 11.6 Å². The second-order valence-electron chi connectivity index (χ2n) is 4.57. The maximum atomic E-state index is 14.1. The Kier molecular flexibility index (Phi) is 3.95. The normalized spacial score (nSPS) is 12.5.